The molecule has 350 valence electrons. The van der Waals surface area contributed by atoms with Crippen LogP contribution in [0.15, 0.2) is 243 Å². The van der Waals surface area contributed by atoms with Gasteiger partial charge in [-0.05, 0) is 60.7 Å². The Morgan fingerprint density at radius 2 is 0.613 bits per heavy atom. The smallest absolute Gasteiger partial charge is 0.164 e. The topological polar surface area (TPSA) is 132 Å². The molecule has 0 saturated heterocycles. The fourth-order valence-corrected chi connectivity index (χ4v) is 9.49. The van der Waals surface area contributed by atoms with Gasteiger partial charge in [-0.1, -0.05) is 182 Å². The summed E-state index contributed by atoms with van der Waals surface area (Å²) in [6.45, 7) is 0. The molecule has 0 bridgehead atoms. The average molecular weight is 961 g/mol. The Labute approximate surface area is 431 Å². The Morgan fingerprint density at radius 3 is 0.960 bits per heavy atom. The lowest BCUT2D eigenvalue weighted by Gasteiger charge is -2.16. The van der Waals surface area contributed by atoms with Crippen LogP contribution in [0.3, 0.4) is 0 Å². The molecule has 10 nitrogen and oxygen atoms in total. The van der Waals surface area contributed by atoms with Crippen molar-refractivity contribution >= 4 is 21.8 Å². The fourth-order valence-electron chi connectivity index (χ4n) is 9.49. The van der Waals surface area contributed by atoms with Crippen LogP contribution in [0.4, 0.5) is 0 Å². The highest BCUT2D eigenvalue weighted by molar-refractivity contribution is 6.12. The standard InChI is InChI=1S/C65H40N10/c66-41-42-31-34-51(65-67-54(43-19-7-1-8-20-43)40-55(68-65)44-21-9-2-10-22-44)58(37-42)75-56-35-32-49(63-71-59(45-23-11-3-12-24-45)69-60(72-63)46-25-13-4-14-26-46)38-52(56)53-39-50(33-36-57(53)75)64-73-61(47-27-15-5-16-28-47)70-62(74-64)48-29-17-6-18-30-48/h1-40H. The summed E-state index contributed by atoms with van der Waals surface area (Å²) in [5.74, 6) is 3.80. The maximum atomic E-state index is 10.5. The summed E-state index contributed by atoms with van der Waals surface area (Å²) >= 11 is 0. The number of benzene rings is 9. The lowest BCUT2D eigenvalue weighted by atomic mass is 10.0. The van der Waals surface area contributed by atoms with Crippen molar-refractivity contribution in [2.45, 2.75) is 0 Å². The zero-order valence-electron chi connectivity index (χ0n) is 40.1. The van der Waals surface area contributed by atoms with Crippen LogP contribution in [0.5, 0.6) is 0 Å². The van der Waals surface area contributed by atoms with Gasteiger partial charge in [0, 0.05) is 60.8 Å². The Balaban J connectivity index is 1.07. The van der Waals surface area contributed by atoms with Crippen molar-refractivity contribution in [1.82, 2.24) is 44.4 Å². The second kappa shape index (κ2) is 19.2. The highest BCUT2D eigenvalue weighted by Gasteiger charge is 2.23. The fraction of sp³-hybridized carbons (Fsp3) is 0. The van der Waals surface area contributed by atoms with Crippen LogP contribution in [0.1, 0.15) is 5.56 Å². The third kappa shape index (κ3) is 8.62. The molecule has 0 aliphatic carbocycles. The number of nitrogens with zero attached hydrogens (tertiary/aromatic N) is 10. The van der Waals surface area contributed by atoms with E-state index in [0.29, 0.717) is 46.3 Å². The van der Waals surface area contributed by atoms with Crippen molar-refractivity contribution in [2.24, 2.45) is 0 Å². The molecular formula is C65H40N10. The van der Waals surface area contributed by atoms with Crippen molar-refractivity contribution in [3.63, 3.8) is 0 Å². The minimum atomic E-state index is 0.485. The van der Waals surface area contributed by atoms with Gasteiger partial charge in [0.2, 0.25) is 0 Å². The van der Waals surface area contributed by atoms with Crippen LogP contribution >= 0.6 is 0 Å². The van der Waals surface area contributed by atoms with Gasteiger partial charge in [-0.15, -0.1) is 0 Å². The van der Waals surface area contributed by atoms with Crippen LogP contribution in [0.25, 0.3) is 130 Å². The van der Waals surface area contributed by atoms with E-state index in [1.165, 1.54) is 0 Å². The van der Waals surface area contributed by atoms with E-state index in [-0.39, 0.29) is 0 Å². The zero-order valence-corrected chi connectivity index (χ0v) is 40.1. The van der Waals surface area contributed by atoms with Crippen molar-refractivity contribution < 1.29 is 0 Å². The number of rotatable bonds is 10. The zero-order chi connectivity index (χ0) is 50.1. The second-order valence-corrected chi connectivity index (χ2v) is 17.9. The Kier molecular flexibility index (Phi) is 11.3. The Bertz CT molecular complexity index is 3920. The number of hydrogen-bond acceptors (Lipinski definition) is 9. The highest BCUT2D eigenvalue weighted by Crippen LogP contribution is 2.40. The summed E-state index contributed by atoms with van der Waals surface area (Å²) in [7, 11) is 0. The van der Waals surface area contributed by atoms with E-state index in [2.05, 4.69) is 71.3 Å². The van der Waals surface area contributed by atoms with Gasteiger partial charge in [-0.2, -0.15) is 5.26 Å². The molecule has 0 radical (unpaired) electrons. The lowest BCUT2D eigenvalue weighted by molar-refractivity contribution is 1.07. The average Bonchev–Trinajstić information content (AvgIpc) is 3.84. The SMILES string of the molecule is N#Cc1ccc(-c2nc(-c3ccccc3)cc(-c3ccccc3)n2)c(-n2c3ccc(-c4nc(-c5ccccc5)nc(-c5ccccc5)n4)cc3c3cc(-c4nc(-c5ccccc5)nc(-c5ccccc5)n4)ccc32)c1. The summed E-state index contributed by atoms with van der Waals surface area (Å²) < 4.78 is 2.20. The molecule has 4 heterocycles. The largest absolute Gasteiger partial charge is 0.308 e. The highest BCUT2D eigenvalue weighted by atomic mass is 15.0. The summed E-state index contributed by atoms with van der Waals surface area (Å²) in [5, 5.41) is 12.4. The molecule has 0 aliphatic heterocycles. The molecule has 0 fully saturated rings. The molecule has 13 aromatic rings. The minimum absolute atomic E-state index is 0.485. The first-order valence-electron chi connectivity index (χ1n) is 24.5. The van der Waals surface area contributed by atoms with E-state index in [9.17, 15) is 5.26 Å². The summed E-state index contributed by atoms with van der Waals surface area (Å²) in [6.07, 6.45) is 0. The van der Waals surface area contributed by atoms with E-state index in [1.807, 2.05) is 182 Å². The molecule has 0 amide bonds. The Hall–Kier alpha value is -10.6. The van der Waals surface area contributed by atoms with Crippen molar-refractivity contribution in [3.05, 3.63) is 248 Å². The maximum Gasteiger partial charge on any atom is 0.164 e. The summed E-state index contributed by atoms with van der Waals surface area (Å²) in [5.41, 5.74) is 12.2. The molecule has 0 aliphatic rings. The van der Waals surface area contributed by atoms with Gasteiger partial charge >= 0.3 is 0 Å². The van der Waals surface area contributed by atoms with Crippen LogP contribution in [0, 0.1) is 11.3 Å². The van der Waals surface area contributed by atoms with Crippen LogP contribution in [0.2, 0.25) is 0 Å². The first kappa shape index (κ1) is 44.3. The second-order valence-electron chi connectivity index (χ2n) is 17.9. The quantitative estimate of drug-likeness (QED) is 0.131. The molecule has 0 spiro atoms. The van der Waals surface area contributed by atoms with Crippen molar-refractivity contribution in [3.8, 4) is 114 Å². The third-order valence-corrected chi connectivity index (χ3v) is 13.2. The molecule has 0 atom stereocenters. The van der Waals surface area contributed by atoms with Gasteiger partial charge in [-0.25, -0.2) is 39.9 Å². The number of aromatic nitrogens is 9. The molecule has 4 aromatic heterocycles. The van der Waals surface area contributed by atoms with Gasteiger partial charge in [0.25, 0.3) is 0 Å². The normalized spacial score (nSPS) is 11.2. The third-order valence-electron chi connectivity index (χ3n) is 13.2. The van der Waals surface area contributed by atoms with Gasteiger partial charge in [0.15, 0.2) is 40.8 Å². The summed E-state index contributed by atoms with van der Waals surface area (Å²) in [4.78, 5) is 41.0. The van der Waals surface area contributed by atoms with E-state index in [4.69, 9.17) is 39.9 Å². The van der Waals surface area contributed by atoms with Crippen LogP contribution < -0.4 is 0 Å². The van der Waals surface area contributed by atoms with Crippen molar-refractivity contribution in [2.75, 3.05) is 0 Å². The van der Waals surface area contributed by atoms with Crippen LogP contribution in [-0.4, -0.2) is 44.4 Å². The van der Waals surface area contributed by atoms with Gasteiger partial charge in [-0.3, -0.25) is 0 Å². The summed E-state index contributed by atoms with van der Waals surface area (Å²) in [6, 6.07) is 82.9. The molecule has 75 heavy (non-hydrogen) atoms. The van der Waals surface area contributed by atoms with Gasteiger partial charge < -0.3 is 4.57 Å². The molecule has 10 heteroatoms. The van der Waals surface area contributed by atoms with Crippen LogP contribution in [-0.2, 0) is 0 Å². The van der Waals surface area contributed by atoms with Crippen molar-refractivity contribution in [1.29, 1.82) is 5.26 Å². The number of fused-ring (bicyclic) bond motifs is 3. The van der Waals surface area contributed by atoms with Gasteiger partial charge in [0.05, 0.1) is 39.7 Å². The first-order chi connectivity index (χ1) is 37.1. The number of nitriles is 1. The van der Waals surface area contributed by atoms with Gasteiger partial charge in [0.1, 0.15) is 0 Å². The van der Waals surface area contributed by atoms with E-state index >= 15 is 0 Å². The first-order valence-corrected chi connectivity index (χ1v) is 24.5. The molecule has 0 N–H and O–H groups in total. The minimum Gasteiger partial charge on any atom is -0.308 e. The van der Waals surface area contributed by atoms with E-state index < -0.39 is 0 Å². The van der Waals surface area contributed by atoms with E-state index in [1.54, 1.807) is 0 Å². The maximum absolute atomic E-state index is 10.5. The number of hydrogen-bond donors (Lipinski definition) is 0. The molecule has 13 rings (SSSR count). The lowest BCUT2D eigenvalue weighted by Crippen LogP contribution is -2.03. The Morgan fingerprint density at radius 1 is 0.280 bits per heavy atom. The monoisotopic (exact) mass is 960 g/mol. The molecule has 0 unspecified atom stereocenters. The molecule has 0 saturated carbocycles. The predicted molar refractivity (Wildman–Crippen MR) is 297 cm³/mol. The predicted octanol–water partition coefficient (Wildman–Crippen LogP) is 14.8. The molecule has 9 aromatic carbocycles. The molecular weight excluding hydrogens is 921 g/mol. The van der Waals surface area contributed by atoms with E-state index in [0.717, 1.165) is 89.0 Å².